The third kappa shape index (κ3) is 3.79. The second-order valence-corrected chi connectivity index (χ2v) is 18.3. The number of hydrogen-bond acceptors (Lipinski definition) is 4. The monoisotopic (exact) mass is 466 g/mol. The molecule has 0 aromatic heterocycles. The van der Waals surface area contributed by atoms with Crippen molar-refractivity contribution in [3.63, 3.8) is 0 Å². The Labute approximate surface area is 198 Å². The molecule has 0 aromatic rings. The number of rotatable bonds is 6. The van der Waals surface area contributed by atoms with Crippen molar-refractivity contribution in [2.75, 3.05) is 6.61 Å². The van der Waals surface area contributed by atoms with Gasteiger partial charge in [-0.2, -0.15) is 0 Å². The predicted octanol–water partition coefficient (Wildman–Crippen LogP) is 5.53. The van der Waals surface area contributed by atoms with Crippen LogP contribution in [-0.4, -0.2) is 48.6 Å². The summed E-state index contributed by atoms with van der Waals surface area (Å²) >= 11 is 0. The van der Waals surface area contributed by atoms with Gasteiger partial charge in [0.2, 0.25) is 0 Å². The largest absolute Gasteiger partial charge is 0.415 e. The highest BCUT2D eigenvalue weighted by atomic mass is 28.4. The van der Waals surface area contributed by atoms with Crippen LogP contribution in [0, 0.1) is 34.5 Å². The average Bonchev–Trinajstić information content (AvgIpc) is 2.68. The van der Waals surface area contributed by atoms with Crippen LogP contribution in [0.4, 0.5) is 0 Å². The Hall–Kier alpha value is -0.203. The summed E-state index contributed by atoms with van der Waals surface area (Å²) in [5.74, 6) is 0.507. The van der Waals surface area contributed by atoms with Crippen molar-refractivity contribution in [1.29, 1.82) is 0 Å². The lowest BCUT2D eigenvalue weighted by molar-refractivity contribution is -0.236. The standard InChI is InChI=1S/C27H50O4Si/c1-16(2)32(17(3)4,18(5)6)31-15-27-13-12-21-19(7)10-11-22(28)26(21,9)25(27)24(30)23(29)20(8)14-27/h10-11,16-25,28-30H,12-15H2,1-9H3/t19-,20-,21+,22-,23-,24-,25-,26-,27+/m1/s1. The lowest BCUT2D eigenvalue weighted by Gasteiger charge is -2.65. The number of hydrogen-bond donors (Lipinski definition) is 3. The maximum absolute atomic E-state index is 11.5. The molecule has 0 aliphatic heterocycles. The molecular formula is C27H50O4Si. The second kappa shape index (κ2) is 9.11. The third-order valence-corrected chi connectivity index (χ3v) is 16.3. The Morgan fingerprint density at radius 1 is 0.938 bits per heavy atom. The zero-order chi connectivity index (χ0) is 24.2. The molecule has 186 valence electrons. The van der Waals surface area contributed by atoms with Gasteiger partial charge in [-0.25, -0.2) is 0 Å². The fraction of sp³-hybridized carbons (Fsp3) is 0.926. The molecule has 0 aromatic carbocycles. The van der Waals surface area contributed by atoms with Gasteiger partial charge in [-0.1, -0.05) is 74.5 Å². The quantitative estimate of drug-likeness (QED) is 0.356. The molecule has 0 amide bonds. The molecular weight excluding hydrogens is 416 g/mol. The summed E-state index contributed by atoms with van der Waals surface area (Å²) in [5, 5.41) is 33.8. The molecule has 2 fully saturated rings. The first-order chi connectivity index (χ1) is 14.8. The number of allylic oxidation sites excluding steroid dienone is 1. The Balaban J connectivity index is 2.06. The maximum Gasteiger partial charge on any atom is 0.200 e. The highest BCUT2D eigenvalue weighted by Crippen LogP contribution is 2.65. The summed E-state index contributed by atoms with van der Waals surface area (Å²) in [4.78, 5) is 0. The third-order valence-electron chi connectivity index (χ3n) is 10.3. The first-order valence-corrected chi connectivity index (χ1v) is 15.3. The van der Waals surface area contributed by atoms with E-state index in [1.807, 2.05) is 6.08 Å². The van der Waals surface area contributed by atoms with Gasteiger partial charge in [0.1, 0.15) is 0 Å². The van der Waals surface area contributed by atoms with Crippen molar-refractivity contribution in [1.82, 2.24) is 0 Å². The molecule has 4 nitrogen and oxygen atoms in total. The van der Waals surface area contributed by atoms with Gasteiger partial charge in [0.05, 0.1) is 18.3 Å². The summed E-state index contributed by atoms with van der Waals surface area (Å²) in [7, 11) is -2.07. The lowest BCUT2D eigenvalue weighted by Crippen LogP contribution is -2.67. The minimum Gasteiger partial charge on any atom is -0.415 e. The Morgan fingerprint density at radius 2 is 1.50 bits per heavy atom. The lowest BCUT2D eigenvalue weighted by atomic mass is 9.42. The van der Waals surface area contributed by atoms with E-state index in [2.05, 4.69) is 68.4 Å². The normalized spacial score (nSPS) is 44.8. The molecule has 3 aliphatic carbocycles. The molecule has 0 heterocycles. The van der Waals surface area contributed by atoms with Crippen LogP contribution in [0.5, 0.6) is 0 Å². The first kappa shape index (κ1) is 26.4. The van der Waals surface area contributed by atoms with Gasteiger partial charge in [-0.05, 0) is 59.1 Å². The van der Waals surface area contributed by atoms with Gasteiger partial charge < -0.3 is 19.7 Å². The van der Waals surface area contributed by atoms with Crippen LogP contribution < -0.4 is 0 Å². The summed E-state index contributed by atoms with van der Waals surface area (Å²) in [5.41, 5.74) is 0.831. The van der Waals surface area contributed by atoms with Crippen molar-refractivity contribution in [2.24, 2.45) is 34.5 Å². The van der Waals surface area contributed by atoms with Crippen molar-refractivity contribution in [3.8, 4) is 0 Å². The van der Waals surface area contributed by atoms with Crippen molar-refractivity contribution in [3.05, 3.63) is 12.2 Å². The van der Waals surface area contributed by atoms with Crippen LogP contribution in [0.15, 0.2) is 12.2 Å². The Morgan fingerprint density at radius 3 is 2.03 bits per heavy atom. The topological polar surface area (TPSA) is 69.9 Å². The minimum absolute atomic E-state index is 0.0203. The van der Waals surface area contributed by atoms with E-state index in [9.17, 15) is 15.3 Å². The molecule has 0 bridgehead atoms. The van der Waals surface area contributed by atoms with Gasteiger partial charge in [0, 0.05) is 17.9 Å². The van der Waals surface area contributed by atoms with Gasteiger partial charge >= 0.3 is 0 Å². The summed E-state index contributed by atoms with van der Waals surface area (Å²) in [6, 6.07) is 0. The zero-order valence-electron chi connectivity index (χ0n) is 22.0. The van der Waals surface area contributed by atoms with Crippen LogP contribution in [0.25, 0.3) is 0 Å². The van der Waals surface area contributed by atoms with Crippen LogP contribution in [0.3, 0.4) is 0 Å². The van der Waals surface area contributed by atoms with Crippen LogP contribution in [0.2, 0.25) is 16.6 Å². The van der Waals surface area contributed by atoms with Crippen molar-refractivity contribution >= 4 is 8.32 Å². The van der Waals surface area contributed by atoms with E-state index in [0.29, 0.717) is 35.1 Å². The first-order valence-electron chi connectivity index (χ1n) is 13.1. The average molecular weight is 467 g/mol. The van der Waals surface area contributed by atoms with E-state index in [1.54, 1.807) is 0 Å². The molecule has 5 heteroatoms. The van der Waals surface area contributed by atoms with E-state index >= 15 is 0 Å². The molecule has 3 N–H and O–H groups in total. The van der Waals surface area contributed by atoms with E-state index in [-0.39, 0.29) is 17.3 Å². The van der Waals surface area contributed by atoms with Crippen molar-refractivity contribution in [2.45, 2.75) is 117 Å². The number of aliphatic hydroxyl groups is 3. The molecule has 3 aliphatic rings. The molecule has 0 saturated heterocycles. The molecule has 2 saturated carbocycles. The molecule has 0 radical (unpaired) electrons. The number of aliphatic hydroxyl groups excluding tert-OH is 3. The van der Waals surface area contributed by atoms with Gasteiger partial charge in [0.25, 0.3) is 0 Å². The van der Waals surface area contributed by atoms with E-state index in [0.717, 1.165) is 19.3 Å². The summed E-state index contributed by atoms with van der Waals surface area (Å²) in [6.07, 6.45) is 4.77. The fourth-order valence-corrected chi connectivity index (χ4v) is 14.4. The SMILES string of the molecule is CC(C)[Si](OC[C@@]12CC[C@H]3[C@H](C)C=C[C@@H](O)[C@]3(C)[C@H]1[C@H](O)[C@H](O)[C@H](C)C2)(C(C)C)C(C)C. The van der Waals surface area contributed by atoms with Gasteiger partial charge in [0.15, 0.2) is 8.32 Å². The van der Waals surface area contributed by atoms with Crippen LogP contribution in [-0.2, 0) is 4.43 Å². The molecule has 0 unspecified atom stereocenters. The second-order valence-electron chi connectivity index (χ2n) is 12.8. The van der Waals surface area contributed by atoms with Crippen LogP contribution >= 0.6 is 0 Å². The molecule has 0 spiro atoms. The van der Waals surface area contributed by atoms with Crippen LogP contribution in [0.1, 0.15) is 81.6 Å². The zero-order valence-corrected chi connectivity index (χ0v) is 23.0. The fourth-order valence-electron chi connectivity index (χ4n) is 8.90. The Bertz CT molecular complexity index is 669. The van der Waals surface area contributed by atoms with E-state index in [1.165, 1.54) is 0 Å². The van der Waals surface area contributed by atoms with Gasteiger partial charge in [-0.15, -0.1) is 0 Å². The smallest absolute Gasteiger partial charge is 0.200 e. The van der Waals surface area contributed by atoms with E-state index < -0.39 is 32.0 Å². The highest BCUT2D eigenvalue weighted by molar-refractivity contribution is 6.77. The number of fused-ring (bicyclic) bond motifs is 3. The predicted molar refractivity (Wildman–Crippen MR) is 134 cm³/mol. The maximum atomic E-state index is 11.5. The molecule has 9 atom stereocenters. The Kier molecular flexibility index (Phi) is 7.51. The minimum atomic E-state index is -2.07. The molecule has 32 heavy (non-hydrogen) atoms. The molecule has 3 rings (SSSR count). The summed E-state index contributed by atoms with van der Waals surface area (Å²) < 4.78 is 7.18. The van der Waals surface area contributed by atoms with Crippen molar-refractivity contribution < 1.29 is 19.7 Å². The summed E-state index contributed by atoms with van der Waals surface area (Å²) in [6.45, 7) is 21.0. The highest BCUT2D eigenvalue weighted by Gasteiger charge is 2.65. The van der Waals surface area contributed by atoms with Gasteiger partial charge in [-0.3, -0.25) is 0 Å². The van der Waals surface area contributed by atoms with E-state index in [4.69, 9.17) is 4.43 Å².